The van der Waals surface area contributed by atoms with Crippen LogP contribution >= 0.6 is 11.6 Å². The molecule has 9 nitrogen and oxygen atoms in total. The first-order chi connectivity index (χ1) is 14.1. The number of nitrogens with one attached hydrogen (secondary N) is 1. The van der Waals surface area contributed by atoms with Crippen LogP contribution in [-0.2, 0) is 4.79 Å². The van der Waals surface area contributed by atoms with Gasteiger partial charge in [0.25, 0.3) is 5.91 Å². The lowest BCUT2D eigenvalue weighted by Gasteiger charge is -2.13. The molecule has 0 aliphatic heterocycles. The van der Waals surface area contributed by atoms with Crippen LogP contribution in [0.15, 0.2) is 59.3 Å². The third kappa shape index (κ3) is 4.14. The van der Waals surface area contributed by atoms with E-state index in [-0.39, 0.29) is 5.91 Å². The Hall–Kier alpha value is -3.59. The van der Waals surface area contributed by atoms with E-state index in [4.69, 9.17) is 16.0 Å². The molecule has 29 heavy (non-hydrogen) atoms. The molecule has 2 aromatic carbocycles. The maximum Gasteiger partial charge on any atom is 0.251 e. The highest BCUT2D eigenvalue weighted by atomic mass is 35.5. The average molecular weight is 410 g/mol. The van der Waals surface area contributed by atoms with Gasteiger partial charge in [0.1, 0.15) is 0 Å². The summed E-state index contributed by atoms with van der Waals surface area (Å²) in [6.45, 7) is 1.88. The number of nitrogens with zero attached hydrogens (tertiary/aromatic N) is 6. The molecule has 0 aliphatic rings. The second-order valence-corrected chi connectivity index (χ2v) is 6.61. The van der Waals surface area contributed by atoms with Crippen LogP contribution in [0.25, 0.3) is 22.8 Å². The zero-order valence-electron chi connectivity index (χ0n) is 15.4. The van der Waals surface area contributed by atoms with E-state index in [2.05, 4.69) is 30.9 Å². The van der Waals surface area contributed by atoms with E-state index in [0.29, 0.717) is 34.4 Å². The summed E-state index contributed by atoms with van der Waals surface area (Å²) in [6, 6.07) is 13.6. The van der Waals surface area contributed by atoms with Crippen molar-refractivity contribution in [3.8, 4) is 22.8 Å². The molecule has 0 saturated heterocycles. The maximum atomic E-state index is 12.8. The van der Waals surface area contributed by atoms with Gasteiger partial charge >= 0.3 is 0 Å². The topological polar surface area (TPSA) is 112 Å². The Labute approximate surface area is 170 Å². The Kier molecular flexibility index (Phi) is 5.30. The minimum atomic E-state index is -0.615. The summed E-state index contributed by atoms with van der Waals surface area (Å²) in [6.07, 6.45) is 1.74. The lowest BCUT2D eigenvalue weighted by atomic mass is 10.1. The van der Waals surface area contributed by atoms with Gasteiger partial charge in [-0.3, -0.25) is 4.79 Å². The quantitative estimate of drug-likeness (QED) is 0.517. The molecule has 1 amide bonds. The number of carbonyl (C=O) groups is 1. The first-order valence-corrected chi connectivity index (χ1v) is 9.24. The Morgan fingerprint density at radius 2 is 2.00 bits per heavy atom. The first kappa shape index (κ1) is 18.8. The molecule has 0 radical (unpaired) electrons. The van der Waals surface area contributed by atoms with Crippen LogP contribution in [0.3, 0.4) is 0 Å². The number of anilines is 1. The van der Waals surface area contributed by atoms with E-state index >= 15 is 0 Å². The van der Waals surface area contributed by atoms with Crippen molar-refractivity contribution in [2.45, 2.75) is 19.4 Å². The Balaban J connectivity index is 1.52. The van der Waals surface area contributed by atoms with Crippen molar-refractivity contribution < 1.29 is 9.21 Å². The van der Waals surface area contributed by atoms with Crippen molar-refractivity contribution in [2.75, 3.05) is 5.32 Å². The average Bonchev–Trinajstić information content (AvgIpc) is 3.42. The summed E-state index contributed by atoms with van der Waals surface area (Å²) in [4.78, 5) is 14.1. The second-order valence-electron chi connectivity index (χ2n) is 6.18. The summed E-state index contributed by atoms with van der Waals surface area (Å²) in [5.41, 5.74) is 2.07. The van der Waals surface area contributed by atoms with Gasteiger partial charge in [-0.25, -0.2) is 0 Å². The number of amides is 1. The molecule has 0 fully saturated rings. The molecule has 146 valence electrons. The highest BCUT2D eigenvalue weighted by Crippen LogP contribution is 2.22. The van der Waals surface area contributed by atoms with Crippen LogP contribution in [0, 0.1) is 0 Å². The molecule has 1 atom stereocenters. The van der Waals surface area contributed by atoms with E-state index in [1.54, 1.807) is 42.5 Å². The molecule has 1 N–H and O–H groups in total. The van der Waals surface area contributed by atoms with Gasteiger partial charge in [0.2, 0.25) is 18.1 Å². The largest absolute Gasteiger partial charge is 0.423 e. The molecular weight excluding hydrogens is 394 g/mol. The fraction of sp³-hybridized carbons (Fsp3) is 0.158. The zero-order valence-corrected chi connectivity index (χ0v) is 16.1. The van der Waals surface area contributed by atoms with Crippen LogP contribution in [0.2, 0.25) is 5.02 Å². The molecule has 2 heterocycles. The fourth-order valence-corrected chi connectivity index (χ4v) is 2.91. The molecule has 10 heteroatoms. The standard InChI is InChI=1S/C19H16ClN7O2/c1-2-16(27-25-17(23-26-27)12-6-8-14(20)9-7-12)18(28)22-15-5-3-4-13(10-15)19-24-21-11-29-19/h3-11,16H,2H2,1H3,(H,22,28). The Bertz CT molecular complexity index is 1110. The molecule has 2 aromatic heterocycles. The monoisotopic (exact) mass is 409 g/mol. The van der Waals surface area contributed by atoms with E-state index in [1.165, 1.54) is 11.2 Å². The van der Waals surface area contributed by atoms with E-state index in [0.717, 1.165) is 5.56 Å². The van der Waals surface area contributed by atoms with E-state index in [1.807, 2.05) is 13.0 Å². The Morgan fingerprint density at radius 1 is 1.17 bits per heavy atom. The number of aromatic nitrogens is 6. The normalized spacial score (nSPS) is 11.9. The van der Waals surface area contributed by atoms with Crippen molar-refractivity contribution in [3.05, 3.63) is 59.9 Å². The second kappa shape index (κ2) is 8.19. The maximum absolute atomic E-state index is 12.8. The lowest BCUT2D eigenvalue weighted by Crippen LogP contribution is -2.27. The van der Waals surface area contributed by atoms with Crippen molar-refractivity contribution >= 4 is 23.2 Å². The van der Waals surface area contributed by atoms with Gasteiger partial charge in [-0.2, -0.15) is 4.80 Å². The predicted molar refractivity (Wildman–Crippen MR) is 106 cm³/mol. The van der Waals surface area contributed by atoms with Gasteiger partial charge in [0, 0.05) is 21.8 Å². The van der Waals surface area contributed by atoms with Crippen LogP contribution < -0.4 is 5.32 Å². The number of tetrazole rings is 1. The zero-order chi connectivity index (χ0) is 20.2. The lowest BCUT2D eigenvalue weighted by molar-refractivity contribution is -0.119. The van der Waals surface area contributed by atoms with Crippen LogP contribution in [0.5, 0.6) is 0 Å². The van der Waals surface area contributed by atoms with Gasteiger partial charge in [-0.1, -0.05) is 24.6 Å². The van der Waals surface area contributed by atoms with Gasteiger partial charge < -0.3 is 9.73 Å². The molecule has 0 spiro atoms. The number of carbonyl (C=O) groups excluding carboxylic acids is 1. The highest BCUT2D eigenvalue weighted by molar-refractivity contribution is 6.30. The summed E-state index contributed by atoms with van der Waals surface area (Å²) >= 11 is 5.91. The number of rotatable bonds is 6. The summed E-state index contributed by atoms with van der Waals surface area (Å²) < 4.78 is 5.19. The summed E-state index contributed by atoms with van der Waals surface area (Å²) in [5.74, 6) is 0.542. The van der Waals surface area contributed by atoms with Crippen molar-refractivity contribution in [1.29, 1.82) is 0 Å². The Morgan fingerprint density at radius 3 is 2.72 bits per heavy atom. The molecule has 0 aliphatic carbocycles. The first-order valence-electron chi connectivity index (χ1n) is 8.87. The predicted octanol–water partition coefficient (Wildman–Crippen LogP) is 3.63. The molecular formula is C19H16ClN7O2. The van der Waals surface area contributed by atoms with E-state index in [9.17, 15) is 4.79 Å². The minimum absolute atomic E-state index is 0.254. The van der Waals surface area contributed by atoms with Gasteiger partial charge in [-0.05, 0) is 54.1 Å². The minimum Gasteiger partial charge on any atom is -0.423 e. The third-order valence-corrected chi connectivity index (χ3v) is 4.49. The number of benzene rings is 2. The summed E-state index contributed by atoms with van der Waals surface area (Å²) in [5, 5.41) is 23.5. The molecule has 0 saturated carbocycles. The van der Waals surface area contributed by atoms with Crippen LogP contribution in [0.1, 0.15) is 19.4 Å². The van der Waals surface area contributed by atoms with Crippen molar-refractivity contribution in [3.63, 3.8) is 0 Å². The molecule has 1 unspecified atom stereocenters. The van der Waals surface area contributed by atoms with Crippen molar-refractivity contribution in [2.24, 2.45) is 0 Å². The van der Waals surface area contributed by atoms with Crippen LogP contribution in [0.4, 0.5) is 5.69 Å². The molecule has 4 aromatic rings. The van der Waals surface area contributed by atoms with Gasteiger partial charge in [0.05, 0.1) is 0 Å². The number of hydrogen-bond acceptors (Lipinski definition) is 7. The summed E-state index contributed by atoms with van der Waals surface area (Å²) in [7, 11) is 0. The van der Waals surface area contributed by atoms with E-state index < -0.39 is 6.04 Å². The SMILES string of the molecule is CCC(C(=O)Nc1cccc(-c2nnco2)c1)n1nnc(-c2ccc(Cl)cc2)n1. The number of hydrogen-bond donors (Lipinski definition) is 1. The fourth-order valence-electron chi connectivity index (χ4n) is 2.78. The third-order valence-electron chi connectivity index (χ3n) is 4.24. The van der Waals surface area contributed by atoms with Crippen molar-refractivity contribution in [1.82, 2.24) is 30.4 Å². The number of halogens is 1. The highest BCUT2D eigenvalue weighted by Gasteiger charge is 2.22. The smallest absolute Gasteiger partial charge is 0.251 e. The van der Waals surface area contributed by atoms with Gasteiger partial charge in [-0.15, -0.1) is 20.4 Å². The van der Waals surface area contributed by atoms with Gasteiger partial charge in [0.15, 0.2) is 6.04 Å². The molecule has 0 bridgehead atoms. The van der Waals surface area contributed by atoms with Crippen LogP contribution in [-0.4, -0.2) is 36.3 Å². The molecule has 4 rings (SSSR count).